The van der Waals surface area contributed by atoms with Gasteiger partial charge in [-0.15, -0.1) is 0 Å². The lowest BCUT2D eigenvalue weighted by atomic mass is 10.1. The summed E-state index contributed by atoms with van der Waals surface area (Å²) in [5.74, 6) is 0.302. The zero-order valence-corrected chi connectivity index (χ0v) is 18.1. The normalized spacial score (nSPS) is 11.3. The van der Waals surface area contributed by atoms with E-state index in [0.717, 1.165) is 0 Å². The van der Waals surface area contributed by atoms with Crippen molar-refractivity contribution in [1.29, 1.82) is 0 Å². The molecule has 2 heterocycles. The van der Waals surface area contributed by atoms with Gasteiger partial charge in [-0.3, -0.25) is 14.4 Å². The van der Waals surface area contributed by atoms with Crippen LogP contribution >= 0.6 is 0 Å². The molecule has 0 radical (unpaired) electrons. The van der Waals surface area contributed by atoms with Gasteiger partial charge in [0.2, 0.25) is 5.91 Å². The Hall–Kier alpha value is -4.26. The maximum Gasteiger partial charge on any atom is 0.258 e. The predicted octanol–water partition coefficient (Wildman–Crippen LogP) is 3.44. The van der Waals surface area contributed by atoms with Gasteiger partial charge < -0.3 is 14.5 Å². The summed E-state index contributed by atoms with van der Waals surface area (Å²) in [7, 11) is 0. The van der Waals surface area contributed by atoms with Gasteiger partial charge in [-0.25, -0.2) is 4.98 Å². The van der Waals surface area contributed by atoms with E-state index in [1.807, 2.05) is 54.0 Å². The van der Waals surface area contributed by atoms with E-state index in [-0.39, 0.29) is 30.0 Å². The highest BCUT2D eigenvalue weighted by atomic mass is 16.2. The fraction of sp³-hybridized carbons (Fsp3) is 0.154. The number of amides is 1. The minimum Gasteiger partial charge on any atom is -0.334 e. The Morgan fingerprint density at radius 2 is 1.45 bits per heavy atom. The van der Waals surface area contributed by atoms with E-state index in [1.54, 1.807) is 35.2 Å². The topological polar surface area (TPSA) is 88.1 Å². The van der Waals surface area contributed by atoms with Crippen LogP contribution in [-0.4, -0.2) is 31.9 Å². The third-order valence-electron chi connectivity index (χ3n) is 5.91. The van der Waals surface area contributed by atoms with E-state index in [0.29, 0.717) is 45.1 Å². The number of likely N-dealkylation sites (N-methyl/N-ethyl adjacent to an activating group) is 1. The number of fused-ring (bicyclic) bond motifs is 3. The van der Waals surface area contributed by atoms with Crippen molar-refractivity contribution in [3.8, 4) is 0 Å². The zero-order chi connectivity index (χ0) is 22.9. The van der Waals surface area contributed by atoms with Crippen LogP contribution in [-0.2, 0) is 17.9 Å². The molecule has 0 aliphatic heterocycles. The molecule has 1 amide bonds. The quantitative estimate of drug-likeness (QED) is 0.426. The Balaban J connectivity index is 1.53. The summed E-state index contributed by atoms with van der Waals surface area (Å²) in [6.07, 6.45) is 0. The average Bonchev–Trinajstić information content (AvgIpc) is 2.85. The van der Waals surface area contributed by atoms with Gasteiger partial charge >= 0.3 is 0 Å². The van der Waals surface area contributed by atoms with Gasteiger partial charge in [-0.2, -0.15) is 0 Å². The number of nitrogens with one attached hydrogen (secondary N) is 1. The molecule has 5 rings (SSSR count). The monoisotopic (exact) mass is 438 g/mol. The van der Waals surface area contributed by atoms with Gasteiger partial charge in [-0.1, -0.05) is 36.4 Å². The Morgan fingerprint density at radius 1 is 0.879 bits per heavy atom. The SMILES string of the molecule is CCN(Cc1nc2ccccc2c(=O)[nH]1)C(=O)Cn1c2ccccc2c(=O)c2ccccc21. The molecular weight excluding hydrogens is 416 g/mol. The van der Waals surface area contributed by atoms with Gasteiger partial charge in [0.05, 0.1) is 28.5 Å². The molecule has 0 saturated carbocycles. The summed E-state index contributed by atoms with van der Waals surface area (Å²) >= 11 is 0. The minimum absolute atomic E-state index is 0.0461. The molecule has 0 unspecified atom stereocenters. The van der Waals surface area contributed by atoms with Crippen LogP contribution in [0.15, 0.2) is 82.4 Å². The van der Waals surface area contributed by atoms with Crippen molar-refractivity contribution in [1.82, 2.24) is 19.4 Å². The first-order chi connectivity index (χ1) is 16.1. The second-order valence-electron chi connectivity index (χ2n) is 7.89. The number of hydrogen-bond acceptors (Lipinski definition) is 4. The molecule has 0 aliphatic rings. The first-order valence-corrected chi connectivity index (χ1v) is 10.8. The van der Waals surface area contributed by atoms with Crippen molar-refractivity contribution < 1.29 is 4.79 Å². The average molecular weight is 438 g/mol. The lowest BCUT2D eigenvalue weighted by Gasteiger charge is -2.23. The van der Waals surface area contributed by atoms with Crippen LogP contribution in [0.5, 0.6) is 0 Å². The lowest BCUT2D eigenvalue weighted by Crippen LogP contribution is -2.35. The first kappa shape index (κ1) is 20.6. The molecule has 7 heteroatoms. The van der Waals surface area contributed by atoms with Gasteiger partial charge in [0.25, 0.3) is 5.56 Å². The molecule has 0 aliphatic carbocycles. The molecule has 33 heavy (non-hydrogen) atoms. The summed E-state index contributed by atoms with van der Waals surface area (Å²) < 4.78 is 1.88. The van der Waals surface area contributed by atoms with Crippen molar-refractivity contribution in [3.63, 3.8) is 0 Å². The molecule has 164 valence electrons. The fourth-order valence-corrected chi connectivity index (χ4v) is 4.25. The van der Waals surface area contributed by atoms with Gasteiger partial charge in [-0.05, 0) is 43.3 Å². The molecule has 2 aromatic heterocycles. The Labute approximate surface area is 188 Å². The van der Waals surface area contributed by atoms with Crippen LogP contribution in [0.1, 0.15) is 12.7 Å². The molecule has 1 N–H and O–H groups in total. The number of para-hydroxylation sites is 3. The van der Waals surface area contributed by atoms with E-state index < -0.39 is 0 Å². The van der Waals surface area contributed by atoms with E-state index in [1.165, 1.54) is 0 Å². The van der Waals surface area contributed by atoms with E-state index in [9.17, 15) is 14.4 Å². The number of carbonyl (C=O) groups excluding carboxylic acids is 1. The molecule has 0 spiro atoms. The Morgan fingerprint density at radius 3 is 2.09 bits per heavy atom. The summed E-state index contributed by atoms with van der Waals surface area (Å²) in [5.41, 5.74) is 1.74. The highest BCUT2D eigenvalue weighted by Crippen LogP contribution is 2.19. The fourth-order valence-electron chi connectivity index (χ4n) is 4.25. The number of nitrogens with zero attached hydrogens (tertiary/aromatic N) is 3. The van der Waals surface area contributed by atoms with Gasteiger partial charge in [0, 0.05) is 17.3 Å². The van der Waals surface area contributed by atoms with Crippen molar-refractivity contribution in [3.05, 3.63) is 99.2 Å². The summed E-state index contributed by atoms with van der Waals surface area (Å²) in [5, 5.41) is 1.67. The lowest BCUT2D eigenvalue weighted by molar-refractivity contribution is -0.132. The van der Waals surface area contributed by atoms with Crippen molar-refractivity contribution in [2.75, 3.05) is 6.54 Å². The second-order valence-corrected chi connectivity index (χ2v) is 7.89. The van der Waals surface area contributed by atoms with E-state index in [4.69, 9.17) is 0 Å². The maximum absolute atomic E-state index is 13.4. The van der Waals surface area contributed by atoms with E-state index in [2.05, 4.69) is 9.97 Å². The summed E-state index contributed by atoms with van der Waals surface area (Å²) in [6.45, 7) is 2.59. The predicted molar refractivity (Wildman–Crippen MR) is 129 cm³/mol. The maximum atomic E-state index is 13.4. The number of carbonyl (C=O) groups is 1. The van der Waals surface area contributed by atoms with Crippen LogP contribution in [0, 0.1) is 0 Å². The highest BCUT2D eigenvalue weighted by molar-refractivity contribution is 5.94. The molecule has 5 aromatic rings. The molecular formula is C26H22N4O3. The van der Waals surface area contributed by atoms with Crippen LogP contribution < -0.4 is 11.0 Å². The largest absolute Gasteiger partial charge is 0.334 e. The molecule has 7 nitrogen and oxygen atoms in total. The van der Waals surface area contributed by atoms with Crippen LogP contribution in [0.25, 0.3) is 32.7 Å². The number of pyridine rings is 1. The number of aromatic nitrogens is 3. The number of benzene rings is 3. The van der Waals surface area contributed by atoms with Gasteiger partial charge in [0.15, 0.2) is 5.43 Å². The molecule has 0 saturated heterocycles. The number of H-pyrrole nitrogens is 1. The molecule has 0 bridgehead atoms. The van der Waals surface area contributed by atoms with Crippen molar-refractivity contribution >= 4 is 38.6 Å². The smallest absolute Gasteiger partial charge is 0.258 e. The van der Waals surface area contributed by atoms with Crippen molar-refractivity contribution in [2.24, 2.45) is 0 Å². The number of rotatable bonds is 5. The van der Waals surface area contributed by atoms with Crippen LogP contribution in [0.3, 0.4) is 0 Å². The Bertz CT molecular complexity index is 1570. The Kier molecular flexibility index (Phi) is 5.22. The molecule has 0 atom stereocenters. The van der Waals surface area contributed by atoms with Gasteiger partial charge in [0.1, 0.15) is 12.4 Å². The number of hydrogen-bond donors (Lipinski definition) is 1. The third kappa shape index (κ3) is 3.67. The summed E-state index contributed by atoms with van der Waals surface area (Å²) in [6, 6.07) is 21.8. The summed E-state index contributed by atoms with van der Waals surface area (Å²) in [4.78, 5) is 47.7. The van der Waals surface area contributed by atoms with Crippen molar-refractivity contribution in [2.45, 2.75) is 20.0 Å². The first-order valence-electron chi connectivity index (χ1n) is 10.8. The molecule has 0 fully saturated rings. The standard InChI is InChI=1S/C26H22N4O3/c1-2-29(15-23-27-20-12-6-3-9-17(20)26(33)28-23)24(31)16-30-21-13-7-4-10-18(21)25(32)19-11-5-8-14-22(19)30/h3-14H,2,15-16H2,1H3,(H,27,28,33). The second kappa shape index (κ2) is 8.35. The molecule has 3 aromatic carbocycles. The minimum atomic E-state index is -0.225. The van der Waals surface area contributed by atoms with E-state index >= 15 is 0 Å². The zero-order valence-electron chi connectivity index (χ0n) is 18.1. The highest BCUT2D eigenvalue weighted by Gasteiger charge is 2.18. The van der Waals surface area contributed by atoms with Crippen LogP contribution in [0.2, 0.25) is 0 Å². The number of aromatic amines is 1. The van der Waals surface area contributed by atoms with Crippen LogP contribution in [0.4, 0.5) is 0 Å². The third-order valence-corrected chi connectivity index (χ3v) is 5.91.